The molecule has 6 rings (SSSR count). The summed E-state index contributed by atoms with van der Waals surface area (Å²) in [6.07, 6.45) is 9.12. The number of aryl methyl sites for hydroxylation is 1. The minimum Gasteiger partial charge on any atom is -0.350 e. The average Bonchev–Trinajstić information content (AvgIpc) is 3.49. The summed E-state index contributed by atoms with van der Waals surface area (Å²) in [6, 6.07) is 1.70. The molecule has 0 aromatic carbocycles. The highest BCUT2D eigenvalue weighted by molar-refractivity contribution is 6.36. The van der Waals surface area contributed by atoms with Crippen molar-refractivity contribution in [3.8, 4) is 0 Å². The van der Waals surface area contributed by atoms with Crippen molar-refractivity contribution in [2.75, 3.05) is 11.9 Å². The molecule has 2 aromatic heterocycles. The number of nitrogens with zero attached hydrogens (tertiary/aromatic N) is 3. The number of hydrogen-bond donors (Lipinski definition) is 4. The number of anilines is 1. The SMILES string of the molecule is CCNC(=O)C(=O)CC[C@H](NC(=O)c1cn(C)cn1)C(=O)Nc1cccn(CC(=O)NC23CC4CC(C)(C2)C(C)(C4)C3)c1=O. The standard InChI is InChI=1S/C31H41N7O6/c1-5-32-27(43)23(39)9-8-20(34-26(42)22-14-37(4)18-33-22)25(41)35-21-7-6-10-38(28(21)44)15-24(40)36-31-13-19-11-29(2,16-31)30(3,12-19)17-31/h6-7,10,14,18-20H,5,8-9,11-13,15-17H2,1-4H3,(H,32,43)(H,34,42)(H,35,41)(H,36,40)/t19?,20-,29?,30?,31?/m0/s1. The molecule has 4 aliphatic rings. The summed E-state index contributed by atoms with van der Waals surface area (Å²) in [5.41, 5.74) is -0.428. The van der Waals surface area contributed by atoms with Gasteiger partial charge in [0.2, 0.25) is 17.6 Å². The van der Waals surface area contributed by atoms with E-state index in [1.165, 1.54) is 42.2 Å². The van der Waals surface area contributed by atoms with E-state index in [1.54, 1.807) is 24.6 Å². The summed E-state index contributed by atoms with van der Waals surface area (Å²) < 4.78 is 2.80. The molecule has 0 saturated heterocycles. The molecule has 3 atom stereocenters. The van der Waals surface area contributed by atoms with Gasteiger partial charge in [-0.05, 0) is 74.3 Å². The third kappa shape index (κ3) is 6.04. The Morgan fingerprint density at radius 3 is 2.41 bits per heavy atom. The van der Waals surface area contributed by atoms with Crippen LogP contribution in [0.1, 0.15) is 76.2 Å². The smallest absolute Gasteiger partial charge is 0.287 e. The summed E-state index contributed by atoms with van der Waals surface area (Å²) in [4.78, 5) is 80.8. The van der Waals surface area contributed by atoms with Gasteiger partial charge in [-0.15, -0.1) is 0 Å². The zero-order valence-corrected chi connectivity index (χ0v) is 25.7. The number of imidazole rings is 1. The second-order valence-corrected chi connectivity index (χ2v) is 13.4. The number of aromatic nitrogens is 3. The third-order valence-electron chi connectivity index (χ3n) is 9.88. The average molecular weight is 608 g/mol. The minimum atomic E-state index is -1.26. The molecule has 4 N–H and O–H groups in total. The molecule has 4 bridgehead atoms. The number of carbonyl (C=O) groups excluding carboxylic acids is 5. The van der Waals surface area contributed by atoms with Gasteiger partial charge >= 0.3 is 0 Å². The number of rotatable bonds is 12. The molecule has 44 heavy (non-hydrogen) atoms. The number of carbonyl (C=O) groups is 5. The summed E-state index contributed by atoms with van der Waals surface area (Å²) in [6.45, 7) is 6.40. The molecule has 13 heteroatoms. The van der Waals surface area contributed by atoms with Gasteiger partial charge in [-0.1, -0.05) is 13.8 Å². The Bertz CT molecular complexity index is 1540. The van der Waals surface area contributed by atoms with Crippen LogP contribution in [0, 0.1) is 16.7 Å². The van der Waals surface area contributed by atoms with E-state index < -0.39 is 35.1 Å². The lowest BCUT2D eigenvalue weighted by atomic mass is 9.71. The van der Waals surface area contributed by atoms with Crippen LogP contribution in [0.15, 0.2) is 35.6 Å². The molecule has 4 fully saturated rings. The van der Waals surface area contributed by atoms with E-state index in [2.05, 4.69) is 40.1 Å². The Morgan fingerprint density at radius 2 is 1.80 bits per heavy atom. The van der Waals surface area contributed by atoms with Gasteiger partial charge in [0, 0.05) is 37.9 Å². The topological polar surface area (TPSA) is 173 Å². The van der Waals surface area contributed by atoms with Gasteiger partial charge in [-0.3, -0.25) is 28.8 Å². The van der Waals surface area contributed by atoms with E-state index in [4.69, 9.17) is 0 Å². The van der Waals surface area contributed by atoms with Gasteiger partial charge in [-0.2, -0.15) is 0 Å². The molecule has 2 aromatic rings. The van der Waals surface area contributed by atoms with Crippen LogP contribution >= 0.6 is 0 Å². The molecular formula is C31H41N7O6. The van der Waals surface area contributed by atoms with Crippen molar-refractivity contribution in [3.63, 3.8) is 0 Å². The number of Topliss-reactive ketones (excluding diaryl/α,β-unsaturated/α-hetero) is 1. The Morgan fingerprint density at radius 1 is 1.09 bits per heavy atom. The lowest BCUT2D eigenvalue weighted by Crippen LogP contribution is -2.52. The molecule has 2 unspecified atom stereocenters. The number of hydrogen-bond acceptors (Lipinski definition) is 7. The van der Waals surface area contributed by atoms with Gasteiger partial charge < -0.3 is 30.4 Å². The Hall–Kier alpha value is -4.29. The fourth-order valence-electron chi connectivity index (χ4n) is 8.09. The first-order chi connectivity index (χ1) is 20.8. The van der Waals surface area contributed by atoms with Gasteiger partial charge in [0.1, 0.15) is 24.0 Å². The predicted octanol–water partition coefficient (Wildman–Crippen LogP) is 1.28. The summed E-state index contributed by atoms with van der Waals surface area (Å²) >= 11 is 0. The van der Waals surface area contributed by atoms with Crippen LogP contribution in [0.2, 0.25) is 0 Å². The third-order valence-corrected chi connectivity index (χ3v) is 9.88. The Labute approximate surface area is 255 Å². The second-order valence-electron chi connectivity index (χ2n) is 13.4. The normalized spacial score (nSPS) is 27.0. The number of nitrogens with one attached hydrogen (secondary N) is 4. The highest BCUT2D eigenvalue weighted by Gasteiger charge is 2.68. The first-order valence-corrected chi connectivity index (χ1v) is 15.2. The molecule has 236 valence electrons. The first kappa shape index (κ1) is 31.1. The summed E-state index contributed by atoms with van der Waals surface area (Å²) in [7, 11) is 1.68. The lowest BCUT2D eigenvalue weighted by Gasteiger charge is -2.41. The van der Waals surface area contributed by atoms with Crippen molar-refractivity contribution < 1.29 is 24.0 Å². The maximum absolute atomic E-state index is 13.3. The molecule has 2 heterocycles. The summed E-state index contributed by atoms with van der Waals surface area (Å²) in [5.74, 6) is -2.58. The Kier molecular flexibility index (Phi) is 8.25. The van der Waals surface area contributed by atoms with Crippen molar-refractivity contribution in [2.45, 2.75) is 83.8 Å². The van der Waals surface area contributed by atoms with Crippen LogP contribution in [0.5, 0.6) is 0 Å². The first-order valence-electron chi connectivity index (χ1n) is 15.2. The molecule has 4 amide bonds. The molecule has 0 spiro atoms. The van der Waals surface area contributed by atoms with E-state index in [1.807, 2.05) is 0 Å². The van der Waals surface area contributed by atoms with E-state index in [9.17, 15) is 28.8 Å². The predicted molar refractivity (Wildman–Crippen MR) is 160 cm³/mol. The van der Waals surface area contributed by atoms with E-state index in [-0.39, 0.29) is 59.6 Å². The van der Waals surface area contributed by atoms with Crippen LogP contribution in [0.4, 0.5) is 5.69 Å². The van der Waals surface area contributed by atoms with Crippen molar-refractivity contribution in [1.82, 2.24) is 30.1 Å². The number of amides is 4. The van der Waals surface area contributed by atoms with E-state index >= 15 is 0 Å². The number of pyridine rings is 1. The fraction of sp³-hybridized carbons (Fsp3) is 0.581. The monoisotopic (exact) mass is 607 g/mol. The molecule has 0 radical (unpaired) electrons. The van der Waals surface area contributed by atoms with Gasteiger partial charge in [0.05, 0.1) is 6.33 Å². The van der Waals surface area contributed by atoms with Crippen LogP contribution in [0.25, 0.3) is 0 Å². The van der Waals surface area contributed by atoms with Crippen molar-refractivity contribution in [1.29, 1.82) is 0 Å². The quantitative estimate of drug-likeness (QED) is 0.263. The zero-order chi connectivity index (χ0) is 31.9. The van der Waals surface area contributed by atoms with Crippen molar-refractivity contribution in [2.24, 2.45) is 23.8 Å². The maximum Gasteiger partial charge on any atom is 0.287 e. The minimum absolute atomic E-state index is 0.0553. The van der Waals surface area contributed by atoms with Gasteiger partial charge in [-0.25, -0.2) is 4.98 Å². The van der Waals surface area contributed by atoms with Crippen molar-refractivity contribution >= 4 is 35.1 Å². The van der Waals surface area contributed by atoms with Crippen LogP contribution in [0.3, 0.4) is 0 Å². The summed E-state index contributed by atoms with van der Waals surface area (Å²) in [5, 5.41) is 10.8. The maximum atomic E-state index is 13.3. The largest absolute Gasteiger partial charge is 0.350 e. The molecule has 0 aliphatic heterocycles. The Balaban J connectivity index is 1.26. The van der Waals surface area contributed by atoms with Gasteiger partial charge in [0.25, 0.3) is 17.4 Å². The van der Waals surface area contributed by atoms with Crippen LogP contribution < -0.4 is 26.8 Å². The molecule has 4 aliphatic carbocycles. The molecule has 13 nitrogen and oxygen atoms in total. The highest BCUT2D eigenvalue weighted by Crippen LogP contribution is 2.73. The number of ketones is 1. The van der Waals surface area contributed by atoms with Crippen LogP contribution in [-0.4, -0.2) is 61.7 Å². The second kappa shape index (κ2) is 11.7. The molecular weight excluding hydrogens is 566 g/mol. The highest BCUT2D eigenvalue weighted by atomic mass is 16.2. The fourth-order valence-corrected chi connectivity index (χ4v) is 8.09. The lowest BCUT2D eigenvalue weighted by molar-refractivity contribution is -0.138. The molecule has 4 saturated carbocycles. The van der Waals surface area contributed by atoms with Crippen LogP contribution in [-0.2, 0) is 32.8 Å². The van der Waals surface area contributed by atoms with Crippen molar-refractivity contribution in [3.05, 3.63) is 46.9 Å². The van der Waals surface area contributed by atoms with E-state index in [0.717, 1.165) is 19.3 Å². The van der Waals surface area contributed by atoms with E-state index in [0.29, 0.717) is 5.92 Å². The van der Waals surface area contributed by atoms with Gasteiger partial charge in [0.15, 0.2) is 0 Å². The zero-order valence-electron chi connectivity index (χ0n) is 25.7. The number of likely N-dealkylation sites (N-methyl/N-ethyl adjacent to an activating group) is 1.